The summed E-state index contributed by atoms with van der Waals surface area (Å²) in [7, 11) is 0. The smallest absolute Gasteiger partial charge is 0.265 e. The Kier molecular flexibility index (Phi) is 3.63. The van der Waals surface area contributed by atoms with Gasteiger partial charge in [0.1, 0.15) is 0 Å². The van der Waals surface area contributed by atoms with Gasteiger partial charge >= 0.3 is 0 Å². The molecular formula is C10H10F2OS. The first-order chi connectivity index (χ1) is 6.57. The van der Waals surface area contributed by atoms with Crippen molar-refractivity contribution < 1.29 is 13.6 Å². The van der Waals surface area contributed by atoms with E-state index in [4.69, 9.17) is 0 Å². The van der Waals surface area contributed by atoms with E-state index in [1.165, 1.54) is 12.1 Å². The summed E-state index contributed by atoms with van der Waals surface area (Å²) in [6.07, 6.45) is -2.44. The molecule has 0 atom stereocenters. The van der Waals surface area contributed by atoms with Gasteiger partial charge in [-0.15, -0.1) is 12.6 Å². The third-order valence-corrected chi connectivity index (χ3v) is 2.31. The molecule has 0 heterocycles. The summed E-state index contributed by atoms with van der Waals surface area (Å²) >= 11 is 3.91. The Hall–Kier alpha value is -0.900. The molecule has 0 aliphatic heterocycles. The van der Waals surface area contributed by atoms with Crippen molar-refractivity contribution in [3.8, 4) is 0 Å². The van der Waals surface area contributed by atoms with Gasteiger partial charge in [-0.05, 0) is 6.07 Å². The van der Waals surface area contributed by atoms with Gasteiger partial charge in [0.2, 0.25) is 0 Å². The van der Waals surface area contributed by atoms with Gasteiger partial charge in [-0.1, -0.05) is 19.1 Å². The molecule has 0 saturated carbocycles. The number of Topliss-reactive ketones (excluding diaryl/α,β-unsaturated/α-hetero) is 1. The van der Waals surface area contributed by atoms with Crippen LogP contribution in [0.25, 0.3) is 0 Å². The first kappa shape index (κ1) is 11.2. The van der Waals surface area contributed by atoms with Crippen LogP contribution in [0.4, 0.5) is 8.78 Å². The Bertz CT molecular complexity index is 350. The van der Waals surface area contributed by atoms with Crippen LogP contribution in [-0.4, -0.2) is 5.78 Å². The van der Waals surface area contributed by atoms with Crippen molar-refractivity contribution in [3.63, 3.8) is 0 Å². The highest BCUT2D eigenvalue weighted by Crippen LogP contribution is 2.29. The number of benzene rings is 1. The molecule has 0 aliphatic rings. The highest BCUT2D eigenvalue weighted by atomic mass is 32.1. The maximum atomic E-state index is 12.6. The van der Waals surface area contributed by atoms with Crippen LogP contribution in [-0.2, 0) is 0 Å². The van der Waals surface area contributed by atoms with E-state index < -0.39 is 6.43 Å². The maximum absolute atomic E-state index is 12.6. The molecule has 0 amide bonds. The van der Waals surface area contributed by atoms with Crippen molar-refractivity contribution in [2.45, 2.75) is 24.7 Å². The molecule has 0 aromatic heterocycles. The van der Waals surface area contributed by atoms with Crippen molar-refractivity contribution in [2.24, 2.45) is 0 Å². The summed E-state index contributed by atoms with van der Waals surface area (Å²) < 4.78 is 25.2. The second kappa shape index (κ2) is 4.55. The lowest BCUT2D eigenvalue weighted by atomic mass is 10.0. The fraction of sp³-hybridized carbons (Fsp3) is 0.300. The highest BCUT2D eigenvalue weighted by Gasteiger charge is 2.19. The molecule has 0 fully saturated rings. The minimum Gasteiger partial charge on any atom is -0.294 e. The minimum atomic E-state index is -2.66. The van der Waals surface area contributed by atoms with E-state index in [1.807, 2.05) is 0 Å². The van der Waals surface area contributed by atoms with Crippen molar-refractivity contribution in [1.82, 2.24) is 0 Å². The Balaban J connectivity index is 3.28. The zero-order valence-electron chi connectivity index (χ0n) is 7.63. The summed E-state index contributed by atoms with van der Waals surface area (Å²) in [6, 6.07) is 4.42. The molecule has 1 rings (SSSR count). The maximum Gasteiger partial charge on any atom is 0.265 e. The van der Waals surface area contributed by atoms with E-state index in [2.05, 4.69) is 12.6 Å². The Morgan fingerprint density at radius 2 is 2.14 bits per heavy atom. The number of rotatable bonds is 3. The number of ketones is 1. The first-order valence-corrected chi connectivity index (χ1v) is 4.65. The molecule has 0 bridgehead atoms. The van der Waals surface area contributed by atoms with Crippen LogP contribution in [0.3, 0.4) is 0 Å². The van der Waals surface area contributed by atoms with Gasteiger partial charge in [-0.25, -0.2) is 8.78 Å². The minimum absolute atomic E-state index is 0.0787. The molecule has 1 aromatic carbocycles. The topological polar surface area (TPSA) is 17.1 Å². The molecule has 76 valence electrons. The molecule has 4 heteroatoms. The van der Waals surface area contributed by atoms with Gasteiger partial charge in [0.25, 0.3) is 6.43 Å². The zero-order valence-corrected chi connectivity index (χ0v) is 8.52. The predicted molar refractivity (Wildman–Crippen MR) is 53.3 cm³/mol. The molecule has 0 spiro atoms. The summed E-state index contributed by atoms with van der Waals surface area (Å²) in [4.78, 5) is 11.5. The molecule has 1 nitrogen and oxygen atoms in total. The molecule has 0 aliphatic carbocycles. The summed E-state index contributed by atoms with van der Waals surface area (Å²) in [6.45, 7) is 1.64. The van der Waals surface area contributed by atoms with E-state index in [1.54, 1.807) is 13.0 Å². The Labute approximate surface area is 86.5 Å². The second-order valence-electron chi connectivity index (χ2n) is 2.82. The number of carbonyl (C=O) groups excluding carboxylic acids is 1. The monoisotopic (exact) mass is 216 g/mol. The highest BCUT2D eigenvalue weighted by molar-refractivity contribution is 7.80. The van der Waals surface area contributed by atoms with Crippen molar-refractivity contribution in [1.29, 1.82) is 0 Å². The zero-order chi connectivity index (χ0) is 10.7. The Morgan fingerprint density at radius 1 is 1.50 bits per heavy atom. The number of halogens is 2. The average Bonchev–Trinajstić information content (AvgIpc) is 2.15. The van der Waals surface area contributed by atoms with Gasteiger partial charge in [0, 0.05) is 22.4 Å². The van der Waals surface area contributed by atoms with Gasteiger partial charge in [-0.3, -0.25) is 4.79 Å². The molecule has 1 aromatic rings. The summed E-state index contributed by atoms with van der Waals surface area (Å²) in [5, 5.41) is 0. The lowest BCUT2D eigenvalue weighted by molar-refractivity contribution is 0.0972. The van der Waals surface area contributed by atoms with Crippen molar-refractivity contribution >= 4 is 18.4 Å². The van der Waals surface area contributed by atoms with Crippen molar-refractivity contribution in [3.05, 3.63) is 29.3 Å². The van der Waals surface area contributed by atoms with E-state index in [-0.39, 0.29) is 28.2 Å². The van der Waals surface area contributed by atoms with Gasteiger partial charge in [0.05, 0.1) is 0 Å². The van der Waals surface area contributed by atoms with Crippen LogP contribution in [0.5, 0.6) is 0 Å². The van der Waals surface area contributed by atoms with E-state index in [0.29, 0.717) is 0 Å². The van der Waals surface area contributed by atoms with Gasteiger partial charge in [-0.2, -0.15) is 0 Å². The number of hydrogen-bond acceptors (Lipinski definition) is 2. The largest absolute Gasteiger partial charge is 0.294 e. The Morgan fingerprint density at radius 3 is 2.64 bits per heavy atom. The van der Waals surface area contributed by atoms with Gasteiger partial charge in [0.15, 0.2) is 5.78 Å². The van der Waals surface area contributed by atoms with Crippen LogP contribution in [0.2, 0.25) is 0 Å². The molecule has 0 unspecified atom stereocenters. The third-order valence-electron chi connectivity index (χ3n) is 1.92. The van der Waals surface area contributed by atoms with E-state index >= 15 is 0 Å². The van der Waals surface area contributed by atoms with Crippen molar-refractivity contribution in [2.75, 3.05) is 0 Å². The second-order valence-corrected chi connectivity index (χ2v) is 3.30. The number of hydrogen-bond donors (Lipinski definition) is 1. The molecular weight excluding hydrogens is 206 g/mol. The van der Waals surface area contributed by atoms with Gasteiger partial charge < -0.3 is 0 Å². The van der Waals surface area contributed by atoms with Crippen LogP contribution >= 0.6 is 12.6 Å². The van der Waals surface area contributed by atoms with Crippen LogP contribution in [0, 0.1) is 0 Å². The van der Waals surface area contributed by atoms with E-state index in [0.717, 1.165) is 0 Å². The first-order valence-electron chi connectivity index (χ1n) is 4.21. The van der Waals surface area contributed by atoms with Crippen LogP contribution in [0.1, 0.15) is 35.7 Å². The lowest BCUT2D eigenvalue weighted by Crippen LogP contribution is -2.03. The third kappa shape index (κ3) is 2.12. The number of thiol groups is 1. The molecule has 0 N–H and O–H groups in total. The molecule has 0 radical (unpaired) electrons. The number of carbonyl (C=O) groups is 1. The lowest BCUT2D eigenvalue weighted by Gasteiger charge is -2.09. The fourth-order valence-corrected chi connectivity index (χ4v) is 1.52. The van der Waals surface area contributed by atoms with Crippen LogP contribution < -0.4 is 0 Å². The summed E-state index contributed by atoms with van der Waals surface area (Å²) in [5.74, 6) is -0.281. The predicted octanol–water partition coefficient (Wildman–Crippen LogP) is 3.51. The molecule has 14 heavy (non-hydrogen) atoms. The SMILES string of the molecule is CCC(=O)c1cccc(S)c1C(F)F. The average molecular weight is 216 g/mol. The van der Waals surface area contributed by atoms with Crippen LogP contribution in [0.15, 0.2) is 23.1 Å². The normalized spacial score (nSPS) is 10.6. The quantitative estimate of drug-likeness (QED) is 0.604. The summed E-state index contributed by atoms with van der Waals surface area (Å²) in [5.41, 5.74) is -0.183. The standard InChI is InChI=1S/C10H10F2OS/c1-2-7(13)6-4-3-5-8(14)9(6)10(11)12/h3-5,10,14H,2H2,1H3. The molecule has 0 saturated heterocycles. The van der Waals surface area contributed by atoms with E-state index in [9.17, 15) is 13.6 Å². The number of alkyl halides is 2. The fourth-order valence-electron chi connectivity index (χ4n) is 1.22.